The van der Waals surface area contributed by atoms with E-state index in [4.69, 9.17) is 11.6 Å². The summed E-state index contributed by atoms with van der Waals surface area (Å²) in [4.78, 5) is 12.4. The summed E-state index contributed by atoms with van der Waals surface area (Å²) >= 11 is 7.69. The lowest BCUT2D eigenvalue weighted by Crippen LogP contribution is -2.38. The molecule has 0 bridgehead atoms. The Balaban J connectivity index is 1.50. The van der Waals surface area contributed by atoms with Crippen LogP contribution < -0.4 is 9.62 Å². The van der Waals surface area contributed by atoms with Crippen LogP contribution in [0.15, 0.2) is 48.5 Å². The fourth-order valence-electron chi connectivity index (χ4n) is 3.04. The van der Waals surface area contributed by atoms with Gasteiger partial charge in [-0.25, -0.2) is 8.42 Å². The molecule has 0 saturated carbocycles. The van der Waals surface area contributed by atoms with E-state index in [0.29, 0.717) is 30.8 Å². The average Bonchev–Trinajstić information content (AvgIpc) is 2.67. The number of thioether (sulfide) groups is 1. The number of hydrogen-bond acceptors (Lipinski definition) is 4. The van der Waals surface area contributed by atoms with E-state index in [2.05, 4.69) is 5.32 Å². The smallest absolute Gasteiger partial charge is 0.251 e. The van der Waals surface area contributed by atoms with Gasteiger partial charge in [-0.1, -0.05) is 29.8 Å². The quantitative estimate of drug-likeness (QED) is 0.665. The van der Waals surface area contributed by atoms with E-state index in [0.717, 1.165) is 28.5 Å². The molecule has 0 unspecified atom stereocenters. The van der Waals surface area contributed by atoms with Gasteiger partial charge in [0.1, 0.15) is 0 Å². The molecule has 5 nitrogen and oxygen atoms in total. The highest BCUT2D eigenvalue weighted by molar-refractivity contribution is 7.98. The summed E-state index contributed by atoms with van der Waals surface area (Å²) in [5, 5.41) is 3.62. The topological polar surface area (TPSA) is 66.5 Å². The second-order valence-electron chi connectivity index (χ2n) is 6.58. The fraction of sp³-hybridized carbons (Fsp3) is 0.350. The van der Waals surface area contributed by atoms with Crippen LogP contribution >= 0.6 is 23.4 Å². The van der Waals surface area contributed by atoms with Crippen LogP contribution in [0.4, 0.5) is 5.69 Å². The zero-order chi connectivity index (χ0) is 20.0. The Morgan fingerprint density at radius 1 is 1.14 bits per heavy atom. The first-order valence-corrected chi connectivity index (χ1v) is 12.3. The Hall–Kier alpha value is -1.70. The Bertz CT molecular complexity index is 935. The lowest BCUT2D eigenvalue weighted by molar-refractivity contribution is 0.0956. The Morgan fingerprint density at radius 2 is 1.96 bits per heavy atom. The molecule has 150 valence electrons. The number of carbonyl (C=O) groups excluding carboxylic acids is 1. The molecule has 1 saturated heterocycles. The largest absolute Gasteiger partial charge is 0.351 e. The number of benzene rings is 2. The second-order valence-corrected chi connectivity index (χ2v) is 10.1. The van der Waals surface area contributed by atoms with Crippen LogP contribution in [0.3, 0.4) is 0 Å². The molecule has 2 aromatic rings. The molecule has 0 atom stereocenters. The molecule has 0 aromatic heterocycles. The van der Waals surface area contributed by atoms with E-state index in [1.54, 1.807) is 36.0 Å². The second kappa shape index (κ2) is 9.67. The molecule has 0 aliphatic carbocycles. The van der Waals surface area contributed by atoms with Crippen molar-refractivity contribution >= 4 is 45.0 Å². The molecular formula is C20H23ClN2O3S2. The molecule has 1 N–H and O–H groups in total. The summed E-state index contributed by atoms with van der Waals surface area (Å²) in [5.41, 5.74) is 2.18. The lowest BCUT2D eigenvalue weighted by atomic mass is 10.2. The monoisotopic (exact) mass is 438 g/mol. The molecule has 2 aromatic carbocycles. The Kier molecular flexibility index (Phi) is 7.26. The van der Waals surface area contributed by atoms with Crippen molar-refractivity contribution in [2.45, 2.75) is 18.6 Å². The average molecular weight is 439 g/mol. The number of amides is 1. The van der Waals surface area contributed by atoms with Gasteiger partial charge in [0.2, 0.25) is 10.0 Å². The number of nitrogens with zero attached hydrogens (tertiary/aromatic N) is 1. The highest BCUT2D eigenvalue weighted by Crippen LogP contribution is 2.24. The Morgan fingerprint density at radius 3 is 2.75 bits per heavy atom. The molecule has 1 heterocycles. The van der Waals surface area contributed by atoms with Crippen molar-refractivity contribution in [2.24, 2.45) is 0 Å². The number of sulfonamides is 1. The molecule has 28 heavy (non-hydrogen) atoms. The molecule has 1 amide bonds. The molecule has 3 rings (SSSR count). The lowest BCUT2D eigenvalue weighted by Gasteiger charge is -2.28. The van der Waals surface area contributed by atoms with E-state index in [1.807, 2.05) is 24.3 Å². The number of carbonyl (C=O) groups is 1. The number of nitrogens with one attached hydrogen (secondary N) is 1. The summed E-state index contributed by atoms with van der Waals surface area (Å²) in [6.45, 7) is 1.00. The van der Waals surface area contributed by atoms with Crippen LogP contribution in [0.1, 0.15) is 28.8 Å². The predicted molar refractivity (Wildman–Crippen MR) is 117 cm³/mol. The summed E-state index contributed by atoms with van der Waals surface area (Å²) in [6.07, 6.45) is 1.52. The van der Waals surface area contributed by atoms with Gasteiger partial charge in [-0.2, -0.15) is 11.8 Å². The zero-order valence-electron chi connectivity index (χ0n) is 15.4. The highest BCUT2D eigenvalue weighted by Gasteiger charge is 2.26. The first-order valence-electron chi connectivity index (χ1n) is 9.16. The van der Waals surface area contributed by atoms with Crippen LogP contribution in [0.25, 0.3) is 0 Å². The van der Waals surface area contributed by atoms with Crippen molar-refractivity contribution in [2.75, 3.05) is 28.9 Å². The van der Waals surface area contributed by atoms with Crippen molar-refractivity contribution in [3.05, 3.63) is 64.7 Å². The maximum Gasteiger partial charge on any atom is 0.251 e. The summed E-state index contributed by atoms with van der Waals surface area (Å²) < 4.78 is 25.9. The molecule has 1 fully saturated rings. The third-order valence-corrected chi connectivity index (χ3v) is 7.57. The van der Waals surface area contributed by atoms with Gasteiger partial charge in [-0.3, -0.25) is 9.10 Å². The normalized spacial score (nSPS) is 16.0. The van der Waals surface area contributed by atoms with Gasteiger partial charge in [0.05, 0.1) is 11.4 Å². The third-order valence-electron chi connectivity index (χ3n) is 4.44. The van der Waals surface area contributed by atoms with Crippen molar-refractivity contribution in [1.29, 1.82) is 0 Å². The predicted octanol–water partition coefficient (Wildman–Crippen LogP) is 3.93. The van der Waals surface area contributed by atoms with Crippen LogP contribution in [-0.4, -0.2) is 38.9 Å². The number of anilines is 1. The minimum absolute atomic E-state index is 0.160. The van der Waals surface area contributed by atoms with Gasteiger partial charge >= 0.3 is 0 Å². The molecule has 1 aliphatic rings. The maximum atomic E-state index is 12.4. The Labute approximate surface area is 175 Å². The number of rotatable bonds is 7. The summed E-state index contributed by atoms with van der Waals surface area (Å²) in [7, 11) is -3.28. The van der Waals surface area contributed by atoms with E-state index in [1.165, 1.54) is 4.31 Å². The van der Waals surface area contributed by atoms with Crippen LogP contribution in [0.5, 0.6) is 0 Å². The zero-order valence-corrected chi connectivity index (χ0v) is 17.8. The van der Waals surface area contributed by atoms with E-state index in [9.17, 15) is 13.2 Å². The van der Waals surface area contributed by atoms with Crippen molar-refractivity contribution in [3.63, 3.8) is 0 Å². The van der Waals surface area contributed by atoms with Crippen LogP contribution in [0.2, 0.25) is 5.02 Å². The maximum absolute atomic E-state index is 12.4. The van der Waals surface area contributed by atoms with Crippen molar-refractivity contribution in [3.8, 4) is 0 Å². The van der Waals surface area contributed by atoms with Crippen molar-refractivity contribution in [1.82, 2.24) is 5.32 Å². The van der Waals surface area contributed by atoms with Gasteiger partial charge in [-0.05, 0) is 48.7 Å². The van der Waals surface area contributed by atoms with Gasteiger partial charge in [-0.15, -0.1) is 0 Å². The van der Waals surface area contributed by atoms with Crippen LogP contribution in [0, 0.1) is 0 Å². The fourth-order valence-corrected chi connectivity index (χ4v) is 5.69. The molecule has 0 spiro atoms. The van der Waals surface area contributed by atoms with Gasteiger partial charge in [0.15, 0.2) is 0 Å². The number of hydrogen-bond donors (Lipinski definition) is 1. The first kappa shape index (κ1) is 21.0. The molecular weight excluding hydrogens is 416 g/mol. The standard InChI is InChI=1S/C20H23ClN2O3S2/c21-18-7-3-5-16(13-18)15-27-11-9-22-20(24)17-6-4-8-19(14-17)23-10-1-2-12-28(23,25)26/h3-8,13-14H,1-2,9-12,15H2,(H,22,24). The molecule has 1 aliphatic heterocycles. The third kappa shape index (κ3) is 5.65. The van der Waals surface area contributed by atoms with E-state index < -0.39 is 10.0 Å². The molecule has 8 heteroatoms. The highest BCUT2D eigenvalue weighted by atomic mass is 35.5. The van der Waals surface area contributed by atoms with Gasteiger partial charge < -0.3 is 5.32 Å². The van der Waals surface area contributed by atoms with Gasteiger partial charge in [0, 0.05) is 35.2 Å². The minimum atomic E-state index is -3.28. The van der Waals surface area contributed by atoms with E-state index >= 15 is 0 Å². The SMILES string of the molecule is O=C(NCCSCc1cccc(Cl)c1)c1cccc(N2CCCCS2(=O)=O)c1. The number of halogens is 1. The minimum Gasteiger partial charge on any atom is -0.351 e. The van der Waals surface area contributed by atoms with Gasteiger partial charge in [0.25, 0.3) is 5.91 Å². The summed E-state index contributed by atoms with van der Waals surface area (Å²) in [5.74, 6) is 1.57. The van der Waals surface area contributed by atoms with E-state index in [-0.39, 0.29) is 11.7 Å². The summed E-state index contributed by atoms with van der Waals surface area (Å²) in [6, 6.07) is 14.5. The molecule has 0 radical (unpaired) electrons. The van der Waals surface area contributed by atoms with Crippen LogP contribution in [-0.2, 0) is 15.8 Å². The first-order chi connectivity index (χ1) is 13.5. The van der Waals surface area contributed by atoms with Crippen molar-refractivity contribution < 1.29 is 13.2 Å².